The average molecular weight is 1990 g/mol. The molecule has 0 aliphatic heterocycles. The SMILES string of the molecule is C=CCc1cc(C(C)(C)c2ccc(OC)c(CC=C)c2)ccc1OC.COc1ccc(-c2ccc(OC)cc2)cc1.COc1ccc(C(=O)c2ccc(OC)cc2)cc1.COc1ccc(C(C)(C)c2ccc(OC)cc2)cc1.COc1ccc(C(C)(c2ccc(OC)cc2)c2ccc(OC)cc2)cc1.COc1ccc(C(c2ccc(OC)cc2)C(c2ccc(OC)cc2)c2ccc(OC)cc2)cc1.COc1ccc(OC)cc1. The Bertz CT molecular complexity index is 6120. The van der Waals surface area contributed by atoms with Gasteiger partial charge in [-0.1, -0.05) is 198 Å². The van der Waals surface area contributed by atoms with Crippen LogP contribution in [-0.4, -0.2) is 127 Å². The number of benzene rings is 16. The molecule has 0 amide bonds. The van der Waals surface area contributed by atoms with Crippen molar-refractivity contribution in [2.45, 2.75) is 75.5 Å². The number of carbonyl (C=O) groups is 1. The third-order valence-corrected chi connectivity index (χ3v) is 26.1. The Morgan fingerprint density at radius 3 is 0.561 bits per heavy atom. The molecule has 0 saturated carbocycles. The van der Waals surface area contributed by atoms with E-state index >= 15 is 0 Å². The first-order valence-electron chi connectivity index (χ1n) is 48.4. The molecule has 768 valence electrons. The number of hydrogen-bond acceptors (Lipinski definition) is 18. The van der Waals surface area contributed by atoms with Crippen molar-refractivity contribution in [3.8, 4) is 109 Å². The summed E-state index contributed by atoms with van der Waals surface area (Å²) >= 11 is 0. The molecule has 0 aromatic heterocycles. The summed E-state index contributed by atoms with van der Waals surface area (Å²) in [5.41, 5.74) is 18.8. The minimum atomic E-state index is -0.315. The van der Waals surface area contributed by atoms with E-state index in [1.165, 1.54) is 72.3 Å². The molecule has 0 spiro atoms. The zero-order valence-corrected chi connectivity index (χ0v) is 89.3. The largest absolute Gasteiger partial charge is 0.497 e. The summed E-state index contributed by atoms with van der Waals surface area (Å²) in [5.74, 6) is 14.5. The van der Waals surface area contributed by atoms with Gasteiger partial charge in [-0.05, 0) is 322 Å². The minimum Gasteiger partial charge on any atom is -0.497 e. The van der Waals surface area contributed by atoms with Gasteiger partial charge in [0, 0.05) is 39.2 Å². The van der Waals surface area contributed by atoms with Crippen molar-refractivity contribution < 1.29 is 85.3 Å². The molecule has 18 heteroatoms. The van der Waals surface area contributed by atoms with Crippen LogP contribution in [0.4, 0.5) is 0 Å². The van der Waals surface area contributed by atoms with Crippen LogP contribution in [0.2, 0.25) is 0 Å². The molecule has 18 nitrogen and oxygen atoms in total. The molecule has 0 bridgehead atoms. The standard InChI is InChI=1S/C30H30O4.C23H24O3.C23H28O2.C17H20O2.C15H14O3.C14H14O2.C8H10O2/c1-31-25-13-5-21(6-14-25)29(22-7-15-26(32-2)16-8-22)30(23-9-17-27(33-3)18-10-23)24-11-19-28(34-4)20-12-24;1-23(17-5-11-20(24-2)12-6-17,18-7-13-21(25-3)14-8-18)19-9-15-22(26-4)16-10-19;1-7-9-17-15-19(11-13-21(17)24-5)23(3,4)20-12-14-22(25-6)18(16-20)10-8-2;1-17(2,13-5-9-15(18-3)10-6-13)14-7-11-16(19-4)12-8-14;1-17-13-7-3-11(4-8-13)15(16)12-5-9-14(18-2)10-6-12;1-15-13-7-3-11(4-8-13)12-5-9-14(16-2)10-6-12;1-9-7-3-5-8(10-2)6-4-7/h5-20,29-30H,1-4H3;5-16H,1-4H3;7-8,11-16H,1-2,9-10H2,3-6H3;5-12H,1-4H3;3-10H,1-2H3;3-10H,1-2H3;3-6H,1-2H3. The molecule has 0 atom stereocenters. The predicted octanol–water partition coefficient (Wildman–Crippen LogP) is 29.3. The summed E-state index contributed by atoms with van der Waals surface area (Å²) in [6, 6.07) is 125. The van der Waals surface area contributed by atoms with Crippen molar-refractivity contribution in [2.75, 3.05) is 121 Å². The Labute approximate surface area is 875 Å². The summed E-state index contributed by atoms with van der Waals surface area (Å²) in [6.45, 7) is 18.9. The zero-order valence-electron chi connectivity index (χ0n) is 89.3. The molecule has 16 aromatic carbocycles. The molecule has 16 rings (SSSR count). The summed E-state index contributed by atoms with van der Waals surface area (Å²) in [7, 11) is 28.4. The highest BCUT2D eigenvalue weighted by atomic mass is 16.5. The topological polar surface area (TPSA) is 174 Å². The second-order valence-electron chi connectivity index (χ2n) is 35.2. The van der Waals surface area contributed by atoms with Gasteiger partial charge in [-0.2, -0.15) is 0 Å². The molecule has 0 N–H and O–H groups in total. The molecule has 148 heavy (non-hydrogen) atoms. The van der Waals surface area contributed by atoms with E-state index < -0.39 is 0 Å². The van der Waals surface area contributed by atoms with E-state index in [-0.39, 0.29) is 33.9 Å². The van der Waals surface area contributed by atoms with Crippen molar-refractivity contribution >= 4 is 5.78 Å². The lowest BCUT2D eigenvalue weighted by atomic mass is 9.71. The lowest BCUT2D eigenvalue weighted by Gasteiger charge is -2.32. The number of rotatable bonds is 36. The van der Waals surface area contributed by atoms with Crippen LogP contribution in [-0.2, 0) is 29.1 Å². The number of allylic oxidation sites excluding steroid dienone is 2. The Kier molecular flexibility index (Phi) is 43.7. The second kappa shape index (κ2) is 57.1. The fourth-order valence-electron chi connectivity index (χ4n) is 16.9. The monoisotopic (exact) mass is 1990 g/mol. The van der Waals surface area contributed by atoms with Crippen LogP contribution in [0.15, 0.2) is 401 Å². The molecule has 16 aromatic rings. The van der Waals surface area contributed by atoms with E-state index in [1.807, 2.05) is 206 Å². The third kappa shape index (κ3) is 30.7. The van der Waals surface area contributed by atoms with Crippen molar-refractivity contribution in [1.29, 1.82) is 0 Å². The fraction of sp³-hybridized carbons (Fsp3) is 0.223. The highest BCUT2D eigenvalue weighted by molar-refractivity contribution is 6.09. The van der Waals surface area contributed by atoms with E-state index in [0.717, 1.165) is 122 Å². The van der Waals surface area contributed by atoms with Crippen molar-refractivity contribution in [3.05, 3.63) is 485 Å². The van der Waals surface area contributed by atoms with Gasteiger partial charge in [0.2, 0.25) is 0 Å². The van der Waals surface area contributed by atoms with E-state index in [2.05, 4.69) is 181 Å². The lowest BCUT2D eigenvalue weighted by Crippen LogP contribution is -2.25. The van der Waals surface area contributed by atoms with Crippen LogP contribution in [0.3, 0.4) is 0 Å². The summed E-state index contributed by atoms with van der Waals surface area (Å²) in [6.07, 6.45) is 5.39. The molecule has 0 radical (unpaired) electrons. The van der Waals surface area contributed by atoms with Crippen LogP contribution in [0.1, 0.15) is 135 Å². The summed E-state index contributed by atoms with van der Waals surface area (Å²) in [4.78, 5) is 12.2. The predicted molar refractivity (Wildman–Crippen MR) is 598 cm³/mol. The van der Waals surface area contributed by atoms with Crippen LogP contribution < -0.4 is 80.5 Å². The highest BCUT2D eigenvalue weighted by Crippen LogP contribution is 2.47. The van der Waals surface area contributed by atoms with Gasteiger partial charge >= 0.3 is 0 Å². The summed E-state index contributed by atoms with van der Waals surface area (Å²) < 4.78 is 89.3. The minimum absolute atomic E-state index is 0.0136. The fourth-order valence-corrected chi connectivity index (χ4v) is 16.9. The van der Waals surface area contributed by atoms with Gasteiger partial charge in [0.1, 0.15) is 97.7 Å². The third-order valence-electron chi connectivity index (χ3n) is 26.1. The smallest absolute Gasteiger partial charge is 0.193 e. The summed E-state index contributed by atoms with van der Waals surface area (Å²) in [5, 5.41) is 0. The van der Waals surface area contributed by atoms with E-state index in [9.17, 15) is 4.79 Å². The van der Waals surface area contributed by atoms with Gasteiger partial charge in [-0.25, -0.2) is 0 Å². The van der Waals surface area contributed by atoms with Crippen molar-refractivity contribution in [1.82, 2.24) is 0 Å². The van der Waals surface area contributed by atoms with Gasteiger partial charge in [-0.15, -0.1) is 13.2 Å². The number of methoxy groups -OCH3 is 17. The molecule has 0 aliphatic carbocycles. The van der Waals surface area contributed by atoms with Crippen molar-refractivity contribution in [2.24, 2.45) is 0 Å². The quantitative estimate of drug-likeness (QED) is 0.0206. The first kappa shape index (κ1) is 113. The zero-order chi connectivity index (χ0) is 107. The number of ketones is 1. The maximum absolute atomic E-state index is 12.2. The highest BCUT2D eigenvalue weighted by Gasteiger charge is 2.34. The number of hydrogen-bond donors (Lipinski definition) is 0. The Balaban J connectivity index is 0.000000181. The maximum Gasteiger partial charge on any atom is 0.193 e. The Hall–Kier alpha value is -16.7. The van der Waals surface area contributed by atoms with Gasteiger partial charge in [0.05, 0.1) is 121 Å². The molecule has 0 aliphatic rings. The van der Waals surface area contributed by atoms with Gasteiger partial charge < -0.3 is 80.5 Å². The molecule has 0 fully saturated rings. The second-order valence-corrected chi connectivity index (χ2v) is 35.2. The van der Waals surface area contributed by atoms with Crippen LogP contribution in [0.5, 0.6) is 97.7 Å². The lowest BCUT2D eigenvalue weighted by molar-refractivity contribution is 0.103. The molecule has 0 unspecified atom stereocenters. The molecular weight excluding hydrogens is 1850 g/mol. The van der Waals surface area contributed by atoms with Gasteiger partial charge in [0.25, 0.3) is 0 Å². The van der Waals surface area contributed by atoms with Crippen LogP contribution in [0.25, 0.3) is 11.1 Å². The van der Waals surface area contributed by atoms with Crippen LogP contribution >= 0.6 is 0 Å². The number of ether oxygens (including phenoxy) is 17. The molecular formula is C130H140O18. The normalized spacial score (nSPS) is 10.6. The van der Waals surface area contributed by atoms with Gasteiger partial charge in [0.15, 0.2) is 5.78 Å². The average Bonchev–Trinajstić information content (AvgIpc) is 0.794. The Morgan fingerprint density at radius 1 is 0.209 bits per heavy atom. The molecule has 0 saturated heterocycles. The number of carbonyl (C=O) groups excluding carboxylic acids is 1. The molecule has 0 heterocycles. The van der Waals surface area contributed by atoms with E-state index in [4.69, 9.17) is 80.5 Å². The first-order valence-corrected chi connectivity index (χ1v) is 48.4. The van der Waals surface area contributed by atoms with E-state index in [1.54, 1.807) is 169 Å². The maximum atomic E-state index is 12.2. The van der Waals surface area contributed by atoms with Crippen LogP contribution in [0, 0.1) is 0 Å². The Morgan fingerprint density at radius 2 is 0.372 bits per heavy atom. The van der Waals surface area contributed by atoms with E-state index in [0.29, 0.717) is 11.1 Å². The van der Waals surface area contributed by atoms with Crippen molar-refractivity contribution in [3.63, 3.8) is 0 Å². The van der Waals surface area contributed by atoms with Gasteiger partial charge in [-0.3, -0.25) is 4.79 Å². The first-order chi connectivity index (χ1) is 71.8.